The number of ether oxygens (including phenoxy) is 1. The molecule has 0 heterocycles. The third-order valence-corrected chi connectivity index (χ3v) is 10.1. The molecule has 4 saturated carbocycles. The first-order chi connectivity index (χ1) is 14.2. The summed E-state index contributed by atoms with van der Waals surface area (Å²) in [7, 11) is 0. The van der Waals surface area contributed by atoms with Gasteiger partial charge >= 0.3 is 5.97 Å². The van der Waals surface area contributed by atoms with Gasteiger partial charge in [0.25, 0.3) is 0 Å². The van der Waals surface area contributed by atoms with E-state index in [1.165, 1.54) is 19.3 Å². The molecule has 4 aliphatic carbocycles. The summed E-state index contributed by atoms with van der Waals surface area (Å²) in [5.41, 5.74) is -0.232. The van der Waals surface area contributed by atoms with Gasteiger partial charge in [0.2, 0.25) is 0 Å². The lowest BCUT2D eigenvalue weighted by atomic mass is 9.44. The van der Waals surface area contributed by atoms with Crippen LogP contribution < -0.4 is 0 Å². The smallest absolute Gasteiger partial charge is 0.305 e. The summed E-state index contributed by atoms with van der Waals surface area (Å²) in [6.07, 6.45) is 9.34. The SMILES string of the molecule is CCOC(=O)CC[C@@H](C)C1CCC2C3C(=O)CC4CCCCC4(C)C3CC(=O)C21C. The number of rotatable bonds is 5. The van der Waals surface area contributed by atoms with Gasteiger partial charge in [-0.1, -0.05) is 33.6 Å². The second-order valence-corrected chi connectivity index (χ2v) is 11.3. The van der Waals surface area contributed by atoms with Crippen LogP contribution >= 0.6 is 0 Å². The first kappa shape index (κ1) is 22.0. The Morgan fingerprint density at radius 3 is 2.60 bits per heavy atom. The second-order valence-electron chi connectivity index (χ2n) is 11.3. The molecule has 4 aliphatic rings. The average molecular weight is 417 g/mol. The van der Waals surface area contributed by atoms with Gasteiger partial charge < -0.3 is 4.74 Å². The number of hydrogen-bond acceptors (Lipinski definition) is 4. The summed E-state index contributed by atoms with van der Waals surface area (Å²) in [6, 6.07) is 0. The standard InChI is InChI=1S/C26H40O4/c1-5-30-23(29)12-9-16(2)18-10-11-19-24-20(15-22(28)26(18,19)4)25(3)13-7-6-8-17(25)14-21(24)27/h16-20,24H,5-15H2,1-4H3/t16-,17?,18?,19?,20?,24?,25?,26?/m1/s1. The lowest BCUT2D eigenvalue weighted by molar-refractivity contribution is -0.165. The minimum atomic E-state index is -0.400. The zero-order valence-corrected chi connectivity index (χ0v) is 19.4. The molecule has 0 saturated heterocycles. The number of carbonyl (C=O) groups is 3. The minimum Gasteiger partial charge on any atom is -0.466 e. The number of Topliss-reactive ketones (excluding diaryl/α,β-unsaturated/α-hetero) is 2. The minimum absolute atomic E-state index is 0.0781. The van der Waals surface area contributed by atoms with Crippen molar-refractivity contribution in [2.45, 2.75) is 91.9 Å². The van der Waals surface area contributed by atoms with Gasteiger partial charge in [-0.05, 0) is 74.0 Å². The summed E-state index contributed by atoms with van der Waals surface area (Å²) in [4.78, 5) is 39.0. The zero-order valence-electron chi connectivity index (χ0n) is 19.4. The predicted molar refractivity (Wildman–Crippen MR) is 116 cm³/mol. The quantitative estimate of drug-likeness (QED) is 0.565. The highest BCUT2D eigenvalue weighted by molar-refractivity contribution is 5.92. The van der Waals surface area contributed by atoms with Crippen LogP contribution in [0.5, 0.6) is 0 Å². The van der Waals surface area contributed by atoms with E-state index in [1.807, 2.05) is 6.92 Å². The molecule has 4 nitrogen and oxygen atoms in total. The Bertz CT molecular complexity index is 714. The Kier molecular flexibility index (Phi) is 5.91. The van der Waals surface area contributed by atoms with E-state index in [4.69, 9.17) is 4.74 Å². The molecule has 168 valence electrons. The van der Waals surface area contributed by atoms with Gasteiger partial charge in [-0.3, -0.25) is 14.4 Å². The van der Waals surface area contributed by atoms with Crippen LogP contribution in [0.15, 0.2) is 0 Å². The first-order valence-corrected chi connectivity index (χ1v) is 12.4. The van der Waals surface area contributed by atoms with E-state index in [-0.39, 0.29) is 35.1 Å². The average Bonchev–Trinajstić information content (AvgIpc) is 3.06. The van der Waals surface area contributed by atoms with E-state index < -0.39 is 5.41 Å². The van der Waals surface area contributed by atoms with E-state index in [0.717, 1.165) is 32.1 Å². The van der Waals surface area contributed by atoms with Crippen LogP contribution in [-0.2, 0) is 19.1 Å². The molecule has 0 aliphatic heterocycles. The lowest BCUT2D eigenvalue weighted by Crippen LogP contribution is -2.59. The summed E-state index contributed by atoms with van der Waals surface area (Å²) in [5, 5.41) is 0. The second kappa shape index (κ2) is 8.06. The van der Waals surface area contributed by atoms with Gasteiger partial charge in [0, 0.05) is 30.6 Å². The Balaban J connectivity index is 1.56. The Morgan fingerprint density at radius 1 is 1.10 bits per heavy atom. The van der Waals surface area contributed by atoms with Crippen molar-refractivity contribution < 1.29 is 19.1 Å². The van der Waals surface area contributed by atoms with E-state index >= 15 is 0 Å². The van der Waals surface area contributed by atoms with E-state index in [1.54, 1.807) is 0 Å². The molecule has 0 aromatic carbocycles. The maximum absolute atomic E-state index is 13.7. The fourth-order valence-electron chi connectivity index (χ4n) is 8.41. The molecule has 30 heavy (non-hydrogen) atoms. The van der Waals surface area contributed by atoms with Crippen molar-refractivity contribution in [2.24, 2.45) is 46.3 Å². The summed E-state index contributed by atoms with van der Waals surface area (Å²) < 4.78 is 5.10. The first-order valence-electron chi connectivity index (χ1n) is 12.4. The van der Waals surface area contributed by atoms with E-state index in [0.29, 0.717) is 42.9 Å². The Labute approximate surface area is 181 Å². The van der Waals surface area contributed by atoms with Crippen molar-refractivity contribution in [3.8, 4) is 0 Å². The number of carbonyl (C=O) groups excluding carboxylic acids is 3. The van der Waals surface area contributed by atoms with Crippen molar-refractivity contribution in [3.63, 3.8) is 0 Å². The van der Waals surface area contributed by atoms with Gasteiger partial charge in [0.05, 0.1) is 6.61 Å². The Morgan fingerprint density at radius 2 is 1.87 bits per heavy atom. The van der Waals surface area contributed by atoms with Crippen molar-refractivity contribution in [1.82, 2.24) is 0 Å². The number of fused-ring (bicyclic) bond motifs is 5. The maximum Gasteiger partial charge on any atom is 0.305 e. The van der Waals surface area contributed by atoms with Crippen LogP contribution in [-0.4, -0.2) is 24.1 Å². The summed E-state index contributed by atoms with van der Waals surface area (Å²) >= 11 is 0. The third-order valence-electron chi connectivity index (χ3n) is 10.1. The molecule has 0 N–H and O–H groups in total. The van der Waals surface area contributed by atoms with Gasteiger partial charge in [-0.15, -0.1) is 0 Å². The maximum atomic E-state index is 13.7. The molecule has 0 spiro atoms. The van der Waals surface area contributed by atoms with Crippen molar-refractivity contribution in [2.75, 3.05) is 6.61 Å². The molecule has 0 aromatic rings. The highest BCUT2D eigenvalue weighted by Crippen LogP contribution is 2.66. The molecule has 4 rings (SSSR count). The summed E-state index contributed by atoms with van der Waals surface area (Å²) in [5.74, 6) is 2.29. The van der Waals surface area contributed by atoms with Crippen molar-refractivity contribution >= 4 is 17.5 Å². The van der Waals surface area contributed by atoms with E-state index in [9.17, 15) is 14.4 Å². The number of hydrogen-bond donors (Lipinski definition) is 0. The molecule has 4 heteroatoms. The van der Waals surface area contributed by atoms with Crippen LogP contribution in [0.2, 0.25) is 0 Å². The predicted octanol–water partition coefficient (Wildman–Crippen LogP) is 5.37. The molecule has 0 aromatic heterocycles. The Hall–Kier alpha value is -1.19. The van der Waals surface area contributed by atoms with Crippen LogP contribution in [0, 0.1) is 46.3 Å². The van der Waals surface area contributed by atoms with Crippen LogP contribution in [0.1, 0.15) is 91.9 Å². The third kappa shape index (κ3) is 3.28. The highest BCUT2D eigenvalue weighted by Gasteiger charge is 2.65. The molecule has 0 bridgehead atoms. The highest BCUT2D eigenvalue weighted by atomic mass is 16.5. The normalized spacial score (nSPS) is 44.1. The van der Waals surface area contributed by atoms with Crippen LogP contribution in [0.3, 0.4) is 0 Å². The molecular formula is C26H40O4. The molecule has 7 unspecified atom stereocenters. The van der Waals surface area contributed by atoms with E-state index in [2.05, 4.69) is 20.8 Å². The molecule has 4 fully saturated rings. The van der Waals surface area contributed by atoms with Crippen LogP contribution in [0.4, 0.5) is 0 Å². The molecule has 0 amide bonds. The van der Waals surface area contributed by atoms with Crippen LogP contribution in [0.25, 0.3) is 0 Å². The fourth-order valence-corrected chi connectivity index (χ4v) is 8.41. The fraction of sp³-hybridized carbons (Fsp3) is 0.885. The van der Waals surface area contributed by atoms with Crippen molar-refractivity contribution in [1.29, 1.82) is 0 Å². The van der Waals surface area contributed by atoms with Gasteiger partial charge in [0.1, 0.15) is 11.6 Å². The largest absolute Gasteiger partial charge is 0.466 e. The van der Waals surface area contributed by atoms with Crippen molar-refractivity contribution in [3.05, 3.63) is 0 Å². The monoisotopic (exact) mass is 416 g/mol. The van der Waals surface area contributed by atoms with Gasteiger partial charge in [-0.25, -0.2) is 0 Å². The number of ketones is 2. The molecule has 0 radical (unpaired) electrons. The number of esters is 1. The lowest BCUT2D eigenvalue weighted by Gasteiger charge is -2.59. The zero-order chi connectivity index (χ0) is 21.7. The molecule has 8 atom stereocenters. The van der Waals surface area contributed by atoms with Gasteiger partial charge in [-0.2, -0.15) is 0 Å². The summed E-state index contributed by atoms with van der Waals surface area (Å²) in [6.45, 7) is 9.00. The molecular weight excluding hydrogens is 376 g/mol. The topological polar surface area (TPSA) is 60.4 Å². The van der Waals surface area contributed by atoms with Gasteiger partial charge in [0.15, 0.2) is 0 Å².